The number of aromatic nitrogens is 4. The maximum atomic E-state index is 13.1. The molecule has 3 aromatic rings. The normalized spacial score (nSPS) is 14.0. The highest BCUT2D eigenvalue weighted by Gasteiger charge is 2.33. The quantitative estimate of drug-likeness (QED) is 0.652. The van der Waals surface area contributed by atoms with Gasteiger partial charge in [-0.2, -0.15) is 18.3 Å². The lowest BCUT2D eigenvalue weighted by Gasteiger charge is -2.25. The lowest BCUT2D eigenvalue weighted by atomic mass is 10.1. The number of hydrogen-bond donors (Lipinski definition) is 1. The van der Waals surface area contributed by atoms with Crippen LogP contribution in [0.1, 0.15) is 19.0 Å². The summed E-state index contributed by atoms with van der Waals surface area (Å²) in [6.07, 6.45) is -1.28. The van der Waals surface area contributed by atoms with Crippen LogP contribution < -0.4 is 15.1 Å². The van der Waals surface area contributed by atoms with Crippen molar-refractivity contribution in [2.24, 2.45) is 0 Å². The Balaban J connectivity index is 1.74. The van der Waals surface area contributed by atoms with Crippen LogP contribution in [0.25, 0.3) is 11.3 Å². The van der Waals surface area contributed by atoms with Crippen LogP contribution in [0.5, 0.6) is 0 Å². The summed E-state index contributed by atoms with van der Waals surface area (Å²) in [5.41, 5.74) is 0.302. The van der Waals surface area contributed by atoms with Gasteiger partial charge in [-0.3, -0.25) is 15.2 Å². The van der Waals surface area contributed by atoms with Crippen molar-refractivity contribution in [1.82, 2.24) is 20.2 Å². The van der Waals surface area contributed by atoms with Gasteiger partial charge < -0.3 is 4.90 Å². The van der Waals surface area contributed by atoms with Crippen molar-refractivity contribution < 1.29 is 18.0 Å². The zero-order chi connectivity index (χ0) is 22.7. The van der Waals surface area contributed by atoms with E-state index in [4.69, 9.17) is 0 Å². The molecule has 0 saturated carbocycles. The fourth-order valence-electron chi connectivity index (χ4n) is 3.51. The minimum absolute atomic E-state index is 0.261. The van der Waals surface area contributed by atoms with Crippen molar-refractivity contribution in [2.75, 3.05) is 34.8 Å². The molecule has 11 heteroatoms. The number of nitrogens with one attached hydrogen (secondary N) is 1. The molecule has 1 aliphatic rings. The number of alkyl halides is 3. The van der Waals surface area contributed by atoms with Gasteiger partial charge in [0.1, 0.15) is 5.69 Å². The molecule has 1 aliphatic heterocycles. The Hall–Kier alpha value is -3.76. The van der Waals surface area contributed by atoms with E-state index in [1.807, 2.05) is 6.92 Å². The second kappa shape index (κ2) is 8.77. The Bertz CT molecular complexity index is 1110. The molecule has 1 N–H and O–H groups in total. The Morgan fingerprint density at radius 2 is 2.00 bits per heavy atom. The largest absolute Gasteiger partial charge is 0.433 e. The molecule has 3 aromatic heterocycles. The second-order valence-electron chi connectivity index (χ2n) is 7.09. The van der Waals surface area contributed by atoms with E-state index in [2.05, 4.69) is 30.4 Å². The van der Waals surface area contributed by atoms with E-state index >= 15 is 0 Å². The number of hydrogen-bond acceptors (Lipinski definition) is 6. The Kier molecular flexibility index (Phi) is 5.89. The molecular formula is C21H20F3N7O. The van der Waals surface area contributed by atoms with Crippen molar-refractivity contribution in [1.29, 1.82) is 0 Å². The predicted molar refractivity (Wildman–Crippen MR) is 113 cm³/mol. The average Bonchev–Trinajstić information content (AvgIpc) is 2.98. The van der Waals surface area contributed by atoms with E-state index in [1.165, 1.54) is 17.2 Å². The molecule has 2 amide bonds. The van der Waals surface area contributed by atoms with E-state index in [-0.39, 0.29) is 11.4 Å². The molecule has 0 bridgehead atoms. The highest BCUT2D eigenvalue weighted by atomic mass is 19.4. The van der Waals surface area contributed by atoms with Crippen LogP contribution in [0, 0.1) is 0 Å². The number of carbonyl (C=O) groups is 1. The van der Waals surface area contributed by atoms with E-state index in [0.29, 0.717) is 37.6 Å². The Labute approximate surface area is 182 Å². The molecule has 0 aromatic carbocycles. The molecule has 0 spiro atoms. The summed E-state index contributed by atoms with van der Waals surface area (Å²) >= 11 is 0. The van der Waals surface area contributed by atoms with E-state index in [0.717, 1.165) is 18.0 Å². The molecule has 166 valence electrons. The summed E-state index contributed by atoms with van der Waals surface area (Å²) in [6, 6.07) is 8.66. The van der Waals surface area contributed by atoms with Gasteiger partial charge in [0.25, 0.3) is 0 Å². The first-order chi connectivity index (χ1) is 15.4. The standard InChI is InChI=1S/C21H20F3N7O/c1-2-30-11-4-12-31(20(32)28-18-5-3-9-26-29-18)19-16(30)7-6-15(27-19)14-8-10-25-17(13-14)21(22,23)24/h3,5-10,13H,2,4,11-12H2,1H3,(H,28,29,32). The monoisotopic (exact) mass is 443 g/mol. The van der Waals surface area contributed by atoms with Gasteiger partial charge in [0.2, 0.25) is 0 Å². The summed E-state index contributed by atoms with van der Waals surface area (Å²) in [5, 5.41) is 10.3. The van der Waals surface area contributed by atoms with Crippen LogP contribution in [-0.2, 0) is 6.18 Å². The number of halogens is 3. The van der Waals surface area contributed by atoms with Crippen molar-refractivity contribution in [3.63, 3.8) is 0 Å². The average molecular weight is 443 g/mol. The summed E-state index contributed by atoms with van der Waals surface area (Å²) in [5.74, 6) is 0.657. The van der Waals surface area contributed by atoms with Crippen molar-refractivity contribution >= 4 is 23.4 Å². The highest BCUT2D eigenvalue weighted by Crippen LogP contribution is 2.35. The maximum Gasteiger partial charge on any atom is 0.433 e. The summed E-state index contributed by atoms with van der Waals surface area (Å²) in [7, 11) is 0. The maximum absolute atomic E-state index is 13.1. The zero-order valence-electron chi connectivity index (χ0n) is 17.2. The van der Waals surface area contributed by atoms with Crippen molar-refractivity contribution in [2.45, 2.75) is 19.5 Å². The lowest BCUT2D eigenvalue weighted by Crippen LogP contribution is -2.36. The smallest absolute Gasteiger partial charge is 0.369 e. The van der Waals surface area contributed by atoms with Crippen molar-refractivity contribution in [3.8, 4) is 11.3 Å². The SMILES string of the molecule is CCN1CCCN(C(=O)Nc2cccnn2)c2nc(-c3ccnc(C(F)(F)F)c3)ccc21. The third kappa shape index (κ3) is 4.46. The van der Waals surface area contributed by atoms with Crippen LogP contribution in [0.4, 0.5) is 35.3 Å². The fraction of sp³-hybridized carbons (Fsp3) is 0.286. The van der Waals surface area contributed by atoms with Gasteiger partial charge in [-0.1, -0.05) is 0 Å². The summed E-state index contributed by atoms with van der Waals surface area (Å²) in [6.45, 7) is 3.79. The van der Waals surface area contributed by atoms with Gasteiger partial charge in [0.15, 0.2) is 11.6 Å². The van der Waals surface area contributed by atoms with Crippen LogP contribution in [0.2, 0.25) is 0 Å². The number of nitrogens with zero attached hydrogens (tertiary/aromatic N) is 6. The second-order valence-corrected chi connectivity index (χ2v) is 7.09. The van der Waals surface area contributed by atoms with Crippen LogP contribution in [0.3, 0.4) is 0 Å². The molecule has 0 aliphatic carbocycles. The number of amides is 2. The van der Waals surface area contributed by atoms with Crippen LogP contribution in [0.15, 0.2) is 48.8 Å². The number of carbonyl (C=O) groups excluding carboxylic acids is 1. The molecule has 4 heterocycles. The molecule has 0 saturated heterocycles. The third-order valence-electron chi connectivity index (χ3n) is 5.04. The molecule has 0 unspecified atom stereocenters. The van der Waals surface area contributed by atoms with E-state index in [9.17, 15) is 18.0 Å². The predicted octanol–water partition coefficient (Wildman–Crippen LogP) is 4.22. The first kappa shape index (κ1) is 21.5. The zero-order valence-corrected chi connectivity index (χ0v) is 17.2. The van der Waals surface area contributed by atoms with Gasteiger partial charge in [0.05, 0.1) is 11.4 Å². The lowest BCUT2D eigenvalue weighted by molar-refractivity contribution is -0.141. The number of anilines is 3. The molecular weight excluding hydrogens is 423 g/mol. The number of fused-ring (bicyclic) bond motifs is 1. The fourth-order valence-corrected chi connectivity index (χ4v) is 3.51. The molecule has 8 nitrogen and oxygen atoms in total. The minimum atomic E-state index is -4.57. The van der Waals surface area contributed by atoms with Gasteiger partial charge in [-0.15, -0.1) is 5.10 Å². The van der Waals surface area contributed by atoms with Gasteiger partial charge in [-0.05, 0) is 49.7 Å². The summed E-state index contributed by atoms with van der Waals surface area (Å²) < 4.78 is 39.4. The Morgan fingerprint density at radius 1 is 1.16 bits per heavy atom. The molecule has 0 radical (unpaired) electrons. The Morgan fingerprint density at radius 3 is 2.72 bits per heavy atom. The first-order valence-corrected chi connectivity index (χ1v) is 10.0. The van der Waals surface area contributed by atoms with Gasteiger partial charge >= 0.3 is 12.2 Å². The van der Waals surface area contributed by atoms with Gasteiger partial charge in [-0.25, -0.2) is 9.78 Å². The van der Waals surface area contributed by atoms with E-state index in [1.54, 1.807) is 24.3 Å². The van der Waals surface area contributed by atoms with Crippen LogP contribution in [-0.4, -0.2) is 45.8 Å². The first-order valence-electron chi connectivity index (χ1n) is 10.0. The van der Waals surface area contributed by atoms with Crippen LogP contribution >= 0.6 is 0 Å². The number of rotatable bonds is 3. The minimum Gasteiger partial charge on any atom is -0.369 e. The molecule has 32 heavy (non-hydrogen) atoms. The van der Waals surface area contributed by atoms with E-state index < -0.39 is 17.9 Å². The topological polar surface area (TPSA) is 87.1 Å². The molecule has 4 rings (SSSR count). The summed E-state index contributed by atoms with van der Waals surface area (Å²) in [4.78, 5) is 24.6. The molecule has 0 fully saturated rings. The van der Waals surface area contributed by atoms with Crippen molar-refractivity contribution in [3.05, 3.63) is 54.5 Å². The molecule has 0 atom stereocenters. The number of pyridine rings is 2. The highest BCUT2D eigenvalue weighted by molar-refractivity contribution is 6.03. The third-order valence-corrected chi connectivity index (χ3v) is 5.04. The number of urea groups is 1. The van der Waals surface area contributed by atoms with Gasteiger partial charge in [0, 0.05) is 37.6 Å².